The first-order valence-electron chi connectivity index (χ1n) is 15.4. The highest BCUT2D eigenvalue weighted by atomic mass is 16.8. The second-order valence-corrected chi connectivity index (χ2v) is 12.4. The maximum absolute atomic E-state index is 12.7. The average molecular weight is 685 g/mol. The molecule has 4 fully saturated rings. The SMILES string of the molecule is COc1cc(C=CC(=O)OC2C(O)C(C)OC(OC3C4C=COC(OC5OC(CO)C(O)C(O)C5O)C4C4(CO)OC34)C2O)ccc1O. The van der Waals surface area contributed by atoms with E-state index in [1.54, 1.807) is 6.08 Å². The fourth-order valence-electron chi connectivity index (χ4n) is 6.85. The van der Waals surface area contributed by atoms with E-state index in [-0.39, 0.29) is 11.5 Å². The molecule has 266 valence electrons. The first kappa shape index (κ1) is 34.9. The number of methoxy groups -OCH3 is 1. The summed E-state index contributed by atoms with van der Waals surface area (Å²) in [5.41, 5.74) is -0.729. The Balaban J connectivity index is 1.14. The smallest absolute Gasteiger partial charge is 0.331 e. The van der Waals surface area contributed by atoms with Crippen molar-refractivity contribution in [2.45, 2.75) is 92.4 Å². The highest BCUT2D eigenvalue weighted by molar-refractivity contribution is 5.87. The standard InChI is InChI=1S/C31H40O17/c1-12-20(36)26(45-18(35)6-4-13-3-5-15(34)16(9-13)41-2)24(40)30(43-12)46-25-14-7-8-42-28(19(14)31(11-33)27(25)48-31)47-29-23(39)22(38)21(37)17(10-32)44-29/h3-9,12,14,17,19-30,32-34,36-40H,10-11H2,1-2H3. The van der Waals surface area contributed by atoms with Gasteiger partial charge >= 0.3 is 5.97 Å². The number of fused-ring (bicyclic) bond motifs is 3. The zero-order chi connectivity index (χ0) is 34.5. The zero-order valence-corrected chi connectivity index (χ0v) is 25.9. The van der Waals surface area contributed by atoms with Gasteiger partial charge in [-0.1, -0.05) is 6.07 Å². The van der Waals surface area contributed by atoms with E-state index in [0.717, 1.165) is 6.08 Å². The number of benzene rings is 1. The van der Waals surface area contributed by atoms with Crippen molar-refractivity contribution in [3.8, 4) is 11.5 Å². The van der Waals surface area contributed by atoms with Gasteiger partial charge in [-0.15, -0.1) is 0 Å². The molecule has 1 saturated carbocycles. The summed E-state index contributed by atoms with van der Waals surface area (Å²) in [7, 11) is 1.38. The third-order valence-corrected chi connectivity index (χ3v) is 9.54. The summed E-state index contributed by atoms with van der Waals surface area (Å²) in [5.74, 6) is -2.12. The minimum atomic E-state index is -1.71. The van der Waals surface area contributed by atoms with Crippen molar-refractivity contribution in [1.82, 2.24) is 0 Å². The van der Waals surface area contributed by atoms with Crippen molar-refractivity contribution in [3.05, 3.63) is 42.2 Å². The fourth-order valence-corrected chi connectivity index (χ4v) is 6.85. The molecule has 6 rings (SSSR count). The number of hydrogen-bond acceptors (Lipinski definition) is 17. The Morgan fingerprint density at radius 1 is 0.938 bits per heavy atom. The minimum Gasteiger partial charge on any atom is -0.504 e. The number of rotatable bonds is 10. The summed E-state index contributed by atoms with van der Waals surface area (Å²) in [4.78, 5) is 12.7. The van der Waals surface area contributed by atoms with Crippen LogP contribution in [0, 0.1) is 11.8 Å². The van der Waals surface area contributed by atoms with Crippen LogP contribution in [0.5, 0.6) is 11.5 Å². The van der Waals surface area contributed by atoms with Crippen LogP contribution < -0.4 is 4.74 Å². The van der Waals surface area contributed by atoms with Crippen molar-refractivity contribution < 1.29 is 83.5 Å². The highest BCUT2D eigenvalue weighted by Gasteiger charge is 2.77. The number of esters is 1. The minimum absolute atomic E-state index is 0.0831. The fraction of sp³-hybridized carbons (Fsp3) is 0.645. The lowest BCUT2D eigenvalue weighted by molar-refractivity contribution is -0.347. The van der Waals surface area contributed by atoms with Gasteiger partial charge in [-0.3, -0.25) is 0 Å². The lowest BCUT2D eigenvalue weighted by atomic mass is 9.85. The molecule has 1 aromatic carbocycles. The molecule has 17 nitrogen and oxygen atoms in total. The molecule has 3 saturated heterocycles. The second kappa shape index (κ2) is 13.8. The van der Waals surface area contributed by atoms with Crippen LogP contribution in [0.15, 0.2) is 36.6 Å². The molecule has 4 heterocycles. The molecule has 17 heteroatoms. The Bertz CT molecular complexity index is 1370. The van der Waals surface area contributed by atoms with Crippen LogP contribution in [0.1, 0.15) is 12.5 Å². The Kier molecular flexibility index (Phi) is 10.0. The number of phenols is 1. The first-order valence-corrected chi connectivity index (χ1v) is 15.4. The van der Waals surface area contributed by atoms with E-state index in [1.165, 1.54) is 44.6 Å². The lowest BCUT2D eigenvalue weighted by Gasteiger charge is -2.44. The number of aliphatic hydroxyl groups is 7. The summed E-state index contributed by atoms with van der Waals surface area (Å²) in [6.45, 7) is 0.349. The molecule has 0 amide bonds. The predicted octanol–water partition coefficient (Wildman–Crippen LogP) is -2.76. The Hall–Kier alpha value is -2.91. The Labute approximate surface area is 274 Å². The second-order valence-electron chi connectivity index (χ2n) is 12.4. The van der Waals surface area contributed by atoms with Crippen LogP contribution in [0.2, 0.25) is 0 Å². The maximum atomic E-state index is 12.7. The molecule has 8 N–H and O–H groups in total. The van der Waals surface area contributed by atoms with E-state index in [9.17, 15) is 45.6 Å². The van der Waals surface area contributed by atoms with Crippen molar-refractivity contribution in [1.29, 1.82) is 0 Å². The Morgan fingerprint density at radius 2 is 1.69 bits per heavy atom. The molecule has 0 aromatic heterocycles. The molecule has 16 unspecified atom stereocenters. The normalized spacial score (nSPS) is 44.9. The molecule has 48 heavy (non-hydrogen) atoms. The molecule has 1 aliphatic carbocycles. The number of aliphatic hydroxyl groups excluding tert-OH is 7. The van der Waals surface area contributed by atoms with Gasteiger partial charge in [-0.25, -0.2) is 4.79 Å². The van der Waals surface area contributed by atoms with Gasteiger partial charge in [0.05, 0.1) is 44.7 Å². The molecule has 0 bridgehead atoms. The number of carbonyl (C=O) groups excluding carboxylic acids is 1. The predicted molar refractivity (Wildman–Crippen MR) is 155 cm³/mol. The summed E-state index contributed by atoms with van der Waals surface area (Å²) in [6.07, 6.45) is -12.1. The van der Waals surface area contributed by atoms with Gasteiger partial charge in [0.25, 0.3) is 0 Å². The van der Waals surface area contributed by atoms with Gasteiger partial charge < -0.3 is 78.7 Å². The van der Waals surface area contributed by atoms with Crippen molar-refractivity contribution in [2.24, 2.45) is 11.8 Å². The first-order chi connectivity index (χ1) is 22.9. The van der Waals surface area contributed by atoms with Gasteiger partial charge in [0.1, 0.15) is 48.3 Å². The average Bonchev–Trinajstić information content (AvgIpc) is 3.76. The monoisotopic (exact) mass is 684 g/mol. The van der Waals surface area contributed by atoms with Gasteiger partial charge in [-0.2, -0.15) is 0 Å². The van der Waals surface area contributed by atoms with Gasteiger partial charge in [0, 0.05) is 12.0 Å². The van der Waals surface area contributed by atoms with Crippen LogP contribution in [0.25, 0.3) is 6.08 Å². The van der Waals surface area contributed by atoms with Crippen molar-refractivity contribution in [2.75, 3.05) is 20.3 Å². The third kappa shape index (κ3) is 6.19. The topological polar surface area (TPSA) is 256 Å². The van der Waals surface area contributed by atoms with Crippen LogP contribution in [0.4, 0.5) is 0 Å². The van der Waals surface area contributed by atoms with E-state index in [1.807, 2.05) is 0 Å². The van der Waals surface area contributed by atoms with E-state index in [2.05, 4.69) is 0 Å². The number of phenolic OH excluding ortho intramolecular Hbond substituents is 1. The quantitative estimate of drug-likeness (QED) is 0.0705. The van der Waals surface area contributed by atoms with Crippen molar-refractivity contribution >= 4 is 12.0 Å². The van der Waals surface area contributed by atoms with Crippen LogP contribution in [-0.4, -0.2) is 153 Å². The molecular weight excluding hydrogens is 644 g/mol. The molecular formula is C31H40O17. The Morgan fingerprint density at radius 3 is 2.40 bits per heavy atom. The number of ether oxygens (including phenoxy) is 8. The number of hydrogen-bond donors (Lipinski definition) is 8. The molecule has 16 atom stereocenters. The molecule has 0 spiro atoms. The summed E-state index contributed by atoms with van der Waals surface area (Å²) >= 11 is 0. The van der Waals surface area contributed by atoms with Crippen LogP contribution >= 0.6 is 0 Å². The molecule has 1 aromatic rings. The molecule has 5 aliphatic rings. The number of carbonyl (C=O) groups is 1. The van der Waals surface area contributed by atoms with E-state index >= 15 is 0 Å². The van der Waals surface area contributed by atoms with Gasteiger partial charge in [-0.05, 0) is 36.8 Å². The van der Waals surface area contributed by atoms with E-state index in [0.29, 0.717) is 5.56 Å². The summed E-state index contributed by atoms with van der Waals surface area (Å²) in [5, 5.41) is 82.5. The maximum Gasteiger partial charge on any atom is 0.331 e. The number of aromatic hydroxyl groups is 1. The summed E-state index contributed by atoms with van der Waals surface area (Å²) < 4.78 is 45.4. The van der Waals surface area contributed by atoms with Crippen molar-refractivity contribution in [3.63, 3.8) is 0 Å². The third-order valence-electron chi connectivity index (χ3n) is 9.54. The molecule has 0 radical (unpaired) electrons. The van der Waals surface area contributed by atoms with E-state index in [4.69, 9.17) is 37.9 Å². The largest absolute Gasteiger partial charge is 0.504 e. The van der Waals surface area contributed by atoms with Gasteiger partial charge in [0.15, 0.2) is 30.2 Å². The summed E-state index contributed by atoms with van der Waals surface area (Å²) in [6, 6.07) is 4.42. The number of epoxide rings is 1. The van der Waals surface area contributed by atoms with Crippen LogP contribution in [-0.2, 0) is 38.0 Å². The van der Waals surface area contributed by atoms with E-state index < -0.39 is 117 Å². The highest BCUT2D eigenvalue weighted by Crippen LogP contribution is 2.61. The zero-order valence-electron chi connectivity index (χ0n) is 25.9. The lowest BCUT2D eigenvalue weighted by Crippen LogP contribution is -2.60. The van der Waals surface area contributed by atoms with Crippen LogP contribution in [0.3, 0.4) is 0 Å². The molecule has 4 aliphatic heterocycles. The van der Waals surface area contributed by atoms with Gasteiger partial charge in [0.2, 0.25) is 6.29 Å².